The van der Waals surface area contributed by atoms with E-state index in [1.165, 1.54) is 28.6 Å². The van der Waals surface area contributed by atoms with E-state index in [0.29, 0.717) is 24.3 Å². The summed E-state index contributed by atoms with van der Waals surface area (Å²) < 4.78 is 33.1. The molecule has 0 saturated carbocycles. The van der Waals surface area contributed by atoms with Gasteiger partial charge in [-0.1, -0.05) is 30.4 Å². The predicted molar refractivity (Wildman–Crippen MR) is 112 cm³/mol. The predicted octanol–water partition coefficient (Wildman–Crippen LogP) is 2.03. The number of rotatable bonds is 5. The molecule has 3 aliphatic rings. The first-order valence-corrected chi connectivity index (χ1v) is 11.4. The maximum atomic E-state index is 13.1. The molecule has 0 spiro atoms. The van der Waals surface area contributed by atoms with Gasteiger partial charge < -0.3 is 15.2 Å². The largest absolute Gasteiger partial charge is 0.481 e. The van der Waals surface area contributed by atoms with Gasteiger partial charge >= 0.3 is 5.97 Å². The summed E-state index contributed by atoms with van der Waals surface area (Å²) in [5.41, 5.74) is 2.07. The fourth-order valence-corrected chi connectivity index (χ4v) is 6.04. The number of nitrogens with one attached hydrogen (secondary N) is 1. The highest BCUT2D eigenvalue weighted by Crippen LogP contribution is 2.40. The lowest BCUT2D eigenvalue weighted by Crippen LogP contribution is -2.39. The zero-order chi connectivity index (χ0) is 21.8. The molecule has 31 heavy (non-hydrogen) atoms. The van der Waals surface area contributed by atoms with Crippen LogP contribution in [0.2, 0.25) is 0 Å². The van der Waals surface area contributed by atoms with E-state index in [4.69, 9.17) is 4.74 Å². The molecule has 4 atom stereocenters. The molecule has 2 bridgehead atoms. The zero-order valence-corrected chi connectivity index (χ0v) is 17.2. The number of hydrogen-bond acceptors (Lipinski definition) is 5. The fraction of sp³-hybridized carbons (Fsp3) is 0.273. The standard InChI is InChI=1S/C22H20N2O6S/c25-21(19-17-9-10-18(30-17)20(19)22(26)27)23-14-5-7-15(8-6-14)31(28,29)24-12-11-13-3-1-2-4-16(13)24/h1-10,17-20H,11-12H2,(H,23,25)(H,26,27)/t17-,18+,19+,20+/m1/s1. The maximum absolute atomic E-state index is 13.1. The van der Waals surface area contributed by atoms with Crippen molar-refractivity contribution in [3.8, 4) is 0 Å². The Balaban J connectivity index is 1.33. The van der Waals surface area contributed by atoms with Crippen molar-refractivity contribution in [2.24, 2.45) is 11.8 Å². The van der Waals surface area contributed by atoms with Crippen LogP contribution in [0.4, 0.5) is 11.4 Å². The van der Waals surface area contributed by atoms with Crippen LogP contribution in [0.15, 0.2) is 65.6 Å². The molecule has 3 heterocycles. The van der Waals surface area contributed by atoms with Crippen molar-refractivity contribution in [3.63, 3.8) is 0 Å². The van der Waals surface area contributed by atoms with Gasteiger partial charge in [0.25, 0.3) is 10.0 Å². The minimum absolute atomic E-state index is 0.122. The topological polar surface area (TPSA) is 113 Å². The number of anilines is 2. The van der Waals surface area contributed by atoms with Gasteiger partial charge in [0, 0.05) is 12.2 Å². The molecular formula is C22H20N2O6S. The smallest absolute Gasteiger partial charge is 0.310 e. The average molecular weight is 440 g/mol. The normalized spacial score (nSPS) is 26.1. The van der Waals surface area contributed by atoms with E-state index in [1.54, 1.807) is 18.2 Å². The molecule has 1 saturated heterocycles. The number of benzene rings is 2. The molecule has 5 rings (SSSR count). The van der Waals surface area contributed by atoms with Gasteiger partial charge in [0.05, 0.1) is 28.7 Å². The monoisotopic (exact) mass is 440 g/mol. The number of ether oxygens (including phenoxy) is 1. The molecule has 3 aliphatic heterocycles. The lowest BCUT2D eigenvalue weighted by atomic mass is 9.82. The van der Waals surface area contributed by atoms with Crippen molar-refractivity contribution >= 4 is 33.3 Å². The third kappa shape index (κ3) is 3.21. The number of carboxylic acids is 1. The summed E-state index contributed by atoms with van der Waals surface area (Å²) in [5, 5.41) is 12.1. The summed E-state index contributed by atoms with van der Waals surface area (Å²) in [6, 6.07) is 13.3. The van der Waals surface area contributed by atoms with Gasteiger partial charge in [-0.3, -0.25) is 13.9 Å². The molecular weight excluding hydrogens is 420 g/mol. The number of amides is 1. The van der Waals surface area contributed by atoms with Gasteiger partial charge in [-0.25, -0.2) is 8.42 Å². The van der Waals surface area contributed by atoms with E-state index in [1.807, 2.05) is 18.2 Å². The van der Waals surface area contributed by atoms with Gasteiger partial charge in [0.15, 0.2) is 0 Å². The van der Waals surface area contributed by atoms with Crippen molar-refractivity contribution in [2.75, 3.05) is 16.2 Å². The van der Waals surface area contributed by atoms with Crippen LogP contribution in [-0.2, 0) is 30.8 Å². The number of aliphatic carboxylic acids is 1. The Labute approximate surface area is 179 Å². The molecule has 0 aliphatic carbocycles. The summed E-state index contributed by atoms with van der Waals surface area (Å²) >= 11 is 0. The Morgan fingerprint density at radius 1 is 1.00 bits per heavy atom. The Morgan fingerprint density at radius 2 is 1.68 bits per heavy atom. The van der Waals surface area contributed by atoms with Crippen molar-refractivity contribution in [1.82, 2.24) is 0 Å². The highest BCUT2D eigenvalue weighted by atomic mass is 32.2. The minimum Gasteiger partial charge on any atom is -0.481 e. The second-order valence-electron chi connectivity index (χ2n) is 7.81. The van der Waals surface area contributed by atoms with E-state index >= 15 is 0 Å². The quantitative estimate of drug-likeness (QED) is 0.688. The van der Waals surface area contributed by atoms with Crippen LogP contribution in [0.5, 0.6) is 0 Å². The summed E-state index contributed by atoms with van der Waals surface area (Å²) in [6.07, 6.45) is 2.87. The fourth-order valence-electron chi connectivity index (χ4n) is 4.54. The molecule has 1 fully saturated rings. The van der Waals surface area contributed by atoms with Crippen LogP contribution >= 0.6 is 0 Å². The molecule has 0 radical (unpaired) electrons. The van der Waals surface area contributed by atoms with Crippen LogP contribution in [-0.4, -0.2) is 44.2 Å². The molecule has 160 valence electrons. The van der Waals surface area contributed by atoms with Crippen molar-refractivity contribution in [3.05, 3.63) is 66.2 Å². The Morgan fingerprint density at radius 3 is 2.39 bits per heavy atom. The highest BCUT2D eigenvalue weighted by molar-refractivity contribution is 7.92. The number of sulfonamides is 1. The van der Waals surface area contributed by atoms with Gasteiger partial charge in [0.2, 0.25) is 5.91 Å². The van der Waals surface area contributed by atoms with Crippen molar-refractivity contribution < 1.29 is 27.9 Å². The van der Waals surface area contributed by atoms with Gasteiger partial charge in [-0.15, -0.1) is 0 Å². The second-order valence-corrected chi connectivity index (χ2v) is 9.67. The summed E-state index contributed by atoms with van der Waals surface area (Å²) in [4.78, 5) is 24.4. The number of nitrogens with zero attached hydrogens (tertiary/aromatic N) is 1. The van der Waals surface area contributed by atoms with E-state index in [-0.39, 0.29) is 4.90 Å². The summed E-state index contributed by atoms with van der Waals surface area (Å²) in [6.45, 7) is 0.383. The third-order valence-corrected chi connectivity index (χ3v) is 7.87. The van der Waals surface area contributed by atoms with Crippen molar-refractivity contribution in [2.45, 2.75) is 23.5 Å². The number of para-hydroxylation sites is 1. The zero-order valence-electron chi connectivity index (χ0n) is 16.3. The Kier molecular flexibility index (Phi) is 4.60. The number of carbonyl (C=O) groups is 2. The van der Waals surface area contributed by atoms with Gasteiger partial charge in [-0.2, -0.15) is 0 Å². The number of carboxylic acid groups (broad SMARTS) is 1. The average Bonchev–Trinajstić information content (AvgIpc) is 3.48. The van der Waals surface area contributed by atoms with E-state index < -0.39 is 45.9 Å². The SMILES string of the molecule is O=C(O)[C@@H]1[C@@H](C(=O)Nc2ccc(S(=O)(=O)N3CCc4ccccc43)cc2)[C@H]2C=C[C@@H]1O2. The number of fused-ring (bicyclic) bond motifs is 3. The lowest BCUT2D eigenvalue weighted by Gasteiger charge is -2.21. The van der Waals surface area contributed by atoms with Crippen molar-refractivity contribution in [1.29, 1.82) is 0 Å². The molecule has 8 nitrogen and oxygen atoms in total. The van der Waals surface area contributed by atoms with Crippen LogP contribution < -0.4 is 9.62 Å². The molecule has 9 heteroatoms. The second kappa shape index (κ2) is 7.21. The Hall–Kier alpha value is -3.17. The first kappa shape index (κ1) is 19.8. The molecule has 2 aromatic carbocycles. The maximum Gasteiger partial charge on any atom is 0.310 e. The molecule has 0 aromatic heterocycles. The first-order chi connectivity index (χ1) is 14.9. The highest BCUT2D eigenvalue weighted by Gasteiger charge is 2.53. The van der Waals surface area contributed by atoms with E-state index in [2.05, 4.69) is 5.32 Å². The lowest BCUT2D eigenvalue weighted by molar-refractivity contribution is -0.145. The Bertz CT molecular complexity index is 1190. The van der Waals surface area contributed by atoms with E-state index in [9.17, 15) is 23.1 Å². The summed E-state index contributed by atoms with van der Waals surface area (Å²) in [7, 11) is -3.73. The molecule has 0 unspecified atom stereocenters. The minimum atomic E-state index is -3.73. The third-order valence-electron chi connectivity index (χ3n) is 6.04. The van der Waals surface area contributed by atoms with Crippen LogP contribution in [0, 0.1) is 11.8 Å². The van der Waals surface area contributed by atoms with Gasteiger partial charge in [-0.05, 0) is 42.3 Å². The van der Waals surface area contributed by atoms with E-state index in [0.717, 1.165) is 5.56 Å². The van der Waals surface area contributed by atoms with Crippen LogP contribution in [0.25, 0.3) is 0 Å². The van der Waals surface area contributed by atoms with Crippen LogP contribution in [0.3, 0.4) is 0 Å². The first-order valence-electron chi connectivity index (χ1n) is 9.94. The van der Waals surface area contributed by atoms with Gasteiger partial charge in [0.1, 0.15) is 5.92 Å². The molecule has 2 N–H and O–H groups in total. The van der Waals surface area contributed by atoms with Crippen LogP contribution in [0.1, 0.15) is 5.56 Å². The summed E-state index contributed by atoms with van der Waals surface area (Å²) in [5.74, 6) is -3.32. The molecule has 1 amide bonds. The molecule has 2 aromatic rings. The number of hydrogen-bond donors (Lipinski definition) is 2. The number of carbonyl (C=O) groups excluding carboxylic acids is 1.